The van der Waals surface area contributed by atoms with Crippen LogP contribution < -0.4 is 11.1 Å². The molecule has 1 aromatic rings. The highest BCUT2D eigenvalue weighted by atomic mass is 16.5. The molecule has 16 heavy (non-hydrogen) atoms. The lowest BCUT2D eigenvalue weighted by Gasteiger charge is -2.15. The first-order valence-corrected chi connectivity index (χ1v) is 5.47. The Morgan fingerprint density at radius 3 is 2.75 bits per heavy atom. The van der Waals surface area contributed by atoms with Gasteiger partial charge in [-0.15, -0.1) is 0 Å². The van der Waals surface area contributed by atoms with E-state index in [1.807, 2.05) is 0 Å². The van der Waals surface area contributed by atoms with Gasteiger partial charge in [0.1, 0.15) is 5.76 Å². The van der Waals surface area contributed by atoms with Crippen molar-refractivity contribution in [2.75, 3.05) is 11.9 Å². The Labute approximate surface area is 95.4 Å². The molecular weight excluding hydrogens is 206 g/mol. The maximum Gasteiger partial charge on any atom is 0.230 e. The number of nitrogens with zero attached hydrogens (tertiary/aromatic N) is 1. The van der Waals surface area contributed by atoms with Crippen LogP contribution in [0.4, 0.5) is 5.82 Å². The lowest BCUT2D eigenvalue weighted by Crippen LogP contribution is -2.30. The number of amides is 1. The molecule has 0 fully saturated rings. The van der Waals surface area contributed by atoms with Gasteiger partial charge in [0.25, 0.3) is 0 Å². The Hall–Kier alpha value is -1.36. The molecule has 0 saturated heterocycles. The summed E-state index contributed by atoms with van der Waals surface area (Å²) in [6.45, 7) is 6.25. The van der Waals surface area contributed by atoms with Crippen molar-refractivity contribution in [3.63, 3.8) is 0 Å². The summed E-state index contributed by atoms with van der Waals surface area (Å²) >= 11 is 0. The number of nitrogens with one attached hydrogen (secondary N) is 1. The summed E-state index contributed by atoms with van der Waals surface area (Å²) < 4.78 is 4.86. The van der Waals surface area contributed by atoms with Crippen LogP contribution in [0.3, 0.4) is 0 Å². The summed E-state index contributed by atoms with van der Waals surface area (Å²) in [6.07, 6.45) is 0.777. The molecule has 0 radical (unpaired) electrons. The summed E-state index contributed by atoms with van der Waals surface area (Å²) in [5.74, 6) is 1.30. The molecule has 5 nitrogen and oxygen atoms in total. The van der Waals surface area contributed by atoms with Gasteiger partial charge in [-0.3, -0.25) is 4.79 Å². The molecule has 1 unspecified atom stereocenters. The van der Waals surface area contributed by atoms with Crippen molar-refractivity contribution in [1.29, 1.82) is 0 Å². The molecule has 0 bridgehead atoms. The smallest absolute Gasteiger partial charge is 0.230 e. The van der Waals surface area contributed by atoms with Crippen LogP contribution in [0.25, 0.3) is 0 Å². The number of anilines is 1. The zero-order valence-corrected chi connectivity index (χ0v) is 9.99. The van der Waals surface area contributed by atoms with Gasteiger partial charge < -0.3 is 15.6 Å². The molecule has 1 heterocycles. The average molecular weight is 225 g/mol. The third-order valence-corrected chi connectivity index (χ3v) is 2.29. The zero-order valence-electron chi connectivity index (χ0n) is 9.99. The lowest BCUT2D eigenvalue weighted by atomic mass is 9.96. The van der Waals surface area contributed by atoms with Crippen LogP contribution in [-0.2, 0) is 4.79 Å². The maximum absolute atomic E-state index is 11.8. The van der Waals surface area contributed by atoms with Gasteiger partial charge in [0.15, 0.2) is 5.82 Å². The normalized spacial score (nSPS) is 12.8. The van der Waals surface area contributed by atoms with E-state index in [1.165, 1.54) is 0 Å². The first-order valence-electron chi connectivity index (χ1n) is 5.47. The second-order valence-electron chi connectivity index (χ2n) is 4.37. The Morgan fingerprint density at radius 2 is 2.31 bits per heavy atom. The molecule has 1 aromatic heterocycles. The van der Waals surface area contributed by atoms with E-state index in [0.29, 0.717) is 24.0 Å². The van der Waals surface area contributed by atoms with Crippen LogP contribution in [0.2, 0.25) is 0 Å². The van der Waals surface area contributed by atoms with E-state index in [0.717, 1.165) is 6.42 Å². The molecule has 90 valence electrons. The van der Waals surface area contributed by atoms with Gasteiger partial charge in [0.05, 0.1) is 5.92 Å². The largest absolute Gasteiger partial charge is 0.360 e. The minimum atomic E-state index is -0.169. The van der Waals surface area contributed by atoms with Crippen molar-refractivity contribution >= 4 is 11.7 Å². The summed E-state index contributed by atoms with van der Waals surface area (Å²) in [6, 6.07) is 1.68. The third kappa shape index (κ3) is 3.66. The molecule has 0 aliphatic heterocycles. The summed E-state index contributed by atoms with van der Waals surface area (Å²) in [4.78, 5) is 11.8. The number of nitrogens with two attached hydrogens (primary N) is 1. The number of aromatic nitrogens is 1. The first kappa shape index (κ1) is 12.7. The highest BCUT2D eigenvalue weighted by molar-refractivity contribution is 5.91. The Balaban J connectivity index is 2.55. The Kier molecular flexibility index (Phi) is 4.49. The number of hydrogen-bond acceptors (Lipinski definition) is 4. The molecule has 1 atom stereocenters. The van der Waals surface area contributed by atoms with Crippen molar-refractivity contribution in [3.05, 3.63) is 11.8 Å². The van der Waals surface area contributed by atoms with Crippen LogP contribution in [0.1, 0.15) is 26.0 Å². The highest BCUT2D eigenvalue weighted by Gasteiger charge is 2.19. The van der Waals surface area contributed by atoms with Gasteiger partial charge in [-0.1, -0.05) is 19.0 Å². The van der Waals surface area contributed by atoms with Gasteiger partial charge in [-0.2, -0.15) is 0 Å². The Bertz CT molecular complexity index is 347. The predicted molar refractivity (Wildman–Crippen MR) is 61.9 cm³/mol. The topological polar surface area (TPSA) is 81.2 Å². The van der Waals surface area contributed by atoms with Crippen molar-refractivity contribution in [3.8, 4) is 0 Å². The van der Waals surface area contributed by atoms with Crippen LogP contribution in [-0.4, -0.2) is 17.6 Å². The van der Waals surface area contributed by atoms with E-state index in [2.05, 4.69) is 24.3 Å². The molecule has 5 heteroatoms. The molecular formula is C11H19N3O2. The van der Waals surface area contributed by atoms with Crippen LogP contribution in [0.5, 0.6) is 0 Å². The second kappa shape index (κ2) is 5.65. The van der Waals surface area contributed by atoms with E-state index in [9.17, 15) is 4.79 Å². The molecule has 1 amide bonds. The molecule has 0 aromatic carbocycles. The fourth-order valence-corrected chi connectivity index (χ4v) is 1.53. The Morgan fingerprint density at radius 1 is 1.62 bits per heavy atom. The summed E-state index contributed by atoms with van der Waals surface area (Å²) in [5, 5.41) is 6.40. The van der Waals surface area contributed by atoms with E-state index in [4.69, 9.17) is 10.3 Å². The van der Waals surface area contributed by atoms with Gasteiger partial charge in [0.2, 0.25) is 5.91 Å². The fourth-order valence-electron chi connectivity index (χ4n) is 1.53. The quantitative estimate of drug-likeness (QED) is 0.796. The van der Waals surface area contributed by atoms with E-state index in [-0.39, 0.29) is 11.8 Å². The molecule has 1 rings (SSSR count). The molecule has 0 saturated carbocycles. The van der Waals surface area contributed by atoms with E-state index in [1.54, 1.807) is 13.0 Å². The summed E-state index contributed by atoms with van der Waals surface area (Å²) in [5.41, 5.74) is 5.58. The van der Waals surface area contributed by atoms with Crippen molar-refractivity contribution in [2.45, 2.75) is 27.2 Å². The van der Waals surface area contributed by atoms with E-state index < -0.39 is 0 Å². The van der Waals surface area contributed by atoms with Gasteiger partial charge in [0, 0.05) is 12.6 Å². The molecule has 0 aliphatic carbocycles. The summed E-state index contributed by atoms with van der Waals surface area (Å²) in [7, 11) is 0. The van der Waals surface area contributed by atoms with Gasteiger partial charge >= 0.3 is 0 Å². The molecule has 3 N–H and O–H groups in total. The van der Waals surface area contributed by atoms with Crippen molar-refractivity contribution in [2.24, 2.45) is 17.6 Å². The average Bonchev–Trinajstić information content (AvgIpc) is 2.60. The van der Waals surface area contributed by atoms with Crippen molar-refractivity contribution in [1.82, 2.24) is 5.16 Å². The third-order valence-electron chi connectivity index (χ3n) is 2.29. The highest BCUT2D eigenvalue weighted by Crippen LogP contribution is 2.14. The zero-order chi connectivity index (χ0) is 12.1. The number of aryl methyl sites for hydroxylation is 1. The first-order chi connectivity index (χ1) is 7.52. The fraction of sp³-hybridized carbons (Fsp3) is 0.636. The number of carbonyl (C=O) groups excluding carboxylic acids is 1. The van der Waals surface area contributed by atoms with Crippen LogP contribution >= 0.6 is 0 Å². The standard InChI is InChI=1S/C11H19N3O2/c1-7(2)4-9(6-12)11(15)13-10-5-8(3)16-14-10/h5,7,9H,4,6,12H2,1-3H3,(H,13,14,15). The second-order valence-corrected chi connectivity index (χ2v) is 4.37. The van der Waals surface area contributed by atoms with Crippen molar-refractivity contribution < 1.29 is 9.32 Å². The van der Waals surface area contributed by atoms with E-state index >= 15 is 0 Å². The number of rotatable bonds is 5. The monoisotopic (exact) mass is 225 g/mol. The predicted octanol–water partition coefficient (Wildman–Crippen LogP) is 1.54. The molecule has 0 spiro atoms. The number of hydrogen-bond donors (Lipinski definition) is 2. The number of carbonyl (C=O) groups is 1. The minimum absolute atomic E-state index is 0.0931. The maximum atomic E-state index is 11.8. The van der Waals surface area contributed by atoms with Crippen LogP contribution in [0, 0.1) is 18.8 Å². The van der Waals surface area contributed by atoms with Crippen LogP contribution in [0.15, 0.2) is 10.6 Å². The van der Waals surface area contributed by atoms with Gasteiger partial charge in [-0.05, 0) is 19.3 Å². The SMILES string of the molecule is Cc1cc(NC(=O)C(CN)CC(C)C)no1. The molecule has 0 aliphatic rings. The lowest BCUT2D eigenvalue weighted by molar-refractivity contribution is -0.120. The minimum Gasteiger partial charge on any atom is -0.360 e. The van der Waals surface area contributed by atoms with Gasteiger partial charge in [-0.25, -0.2) is 0 Å².